The van der Waals surface area contributed by atoms with Crippen LogP contribution in [0.4, 0.5) is 9.52 Å². The van der Waals surface area contributed by atoms with Gasteiger partial charge in [0, 0.05) is 25.0 Å². The Morgan fingerprint density at radius 3 is 2.67 bits per heavy atom. The van der Waals surface area contributed by atoms with E-state index in [2.05, 4.69) is 15.2 Å². The third-order valence-electron chi connectivity index (χ3n) is 5.07. The molecule has 156 valence electrons. The van der Waals surface area contributed by atoms with Crippen molar-refractivity contribution in [2.45, 2.75) is 19.5 Å². The number of carbonyl (C=O) groups is 1. The largest absolute Gasteiger partial charge is 0.493 e. The van der Waals surface area contributed by atoms with Crippen molar-refractivity contribution in [3.05, 3.63) is 70.0 Å². The summed E-state index contributed by atoms with van der Waals surface area (Å²) in [5.41, 5.74) is 3.35. The predicted octanol–water partition coefficient (Wildman–Crippen LogP) is 4.11. The number of anilines is 1. The van der Waals surface area contributed by atoms with Crippen molar-refractivity contribution in [2.75, 3.05) is 26.1 Å². The van der Waals surface area contributed by atoms with Crippen molar-refractivity contribution < 1.29 is 18.7 Å². The van der Waals surface area contributed by atoms with Crippen LogP contribution in [0.5, 0.6) is 11.5 Å². The fourth-order valence-electron chi connectivity index (χ4n) is 3.55. The van der Waals surface area contributed by atoms with Gasteiger partial charge in [-0.2, -0.15) is 0 Å². The van der Waals surface area contributed by atoms with Gasteiger partial charge >= 0.3 is 0 Å². The number of methoxy groups -OCH3 is 2. The number of ether oxygens (including phenoxy) is 2. The normalized spacial score (nSPS) is 13.6. The van der Waals surface area contributed by atoms with Crippen LogP contribution in [0.3, 0.4) is 0 Å². The number of aromatic nitrogens is 1. The topological polar surface area (TPSA) is 63.7 Å². The fraction of sp³-hybridized carbons (Fsp3) is 0.273. The molecule has 30 heavy (non-hydrogen) atoms. The van der Waals surface area contributed by atoms with Gasteiger partial charge in [0.2, 0.25) is 0 Å². The molecule has 0 saturated carbocycles. The molecule has 1 aromatic heterocycles. The molecule has 2 aromatic carbocycles. The average Bonchev–Trinajstić information content (AvgIpc) is 3.19. The molecule has 1 N–H and O–H groups in total. The summed E-state index contributed by atoms with van der Waals surface area (Å²) in [5, 5.41) is 5.06. The first-order valence-electron chi connectivity index (χ1n) is 9.53. The van der Waals surface area contributed by atoms with E-state index in [1.807, 2.05) is 17.5 Å². The van der Waals surface area contributed by atoms with E-state index in [-0.39, 0.29) is 5.56 Å². The maximum absolute atomic E-state index is 13.8. The van der Waals surface area contributed by atoms with Crippen molar-refractivity contribution in [2.24, 2.45) is 0 Å². The monoisotopic (exact) mass is 427 g/mol. The van der Waals surface area contributed by atoms with Crippen molar-refractivity contribution in [1.82, 2.24) is 9.88 Å². The molecule has 0 unspecified atom stereocenters. The van der Waals surface area contributed by atoms with Crippen LogP contribution in [0.2, 0.25) is 0 Å². The third kappa shape index (κ3) is 4.29. The van der Waals surface area contributed by atoms with Gasteiger partial charge in [0.05, 0.1) is 25.5 Å². The Morgan fingerprint density at radius 1 is 1.20 bits per heavy atom. The maximum Gasteiger partial charge on any atom is 0.260 e. The Balaban J connectivity index is 1.41. The molecule has 1 aliphatic heterocycles. The van der Waals surface area contributed by atoms with Crippen LogP contribution in [0, 0.1) is 5.82 Å². The Kier molecular flexibility index (Phi) is 5.96. The second-order valence-electron chi connectivity index (χ2n) is 7.01. The van der Waals surface area contributed by atoms with Gasteiger partial charge in [-0.25, -0.2) is 9.37 Å². The number of benzene rings is 2. The SMILES string of the molecule is COc1cc2c(cc1OC)CN(Cc1csc(NC(=O)c3ccccc3F)n1)CC2. The number of hydrogen-bond acceptors (Lipinski definition) is 6. The highest BCUT2D eigenvalue weighted by Gasteiger charge is 2.20. The molecule has 3 aromatic rings. The van der Waals surface area contributed by atoms with E-state index in [9.17, 15) is 9.18 Å². The molecule has 4 rings (SSSR count). The first-order chi connectivity index (χ1) is 14.6. The van der Waals surface area contributed by atoms with Gasteiger partial charge in [-0.05, 0) is 41.8 Å². The molecule has 0 fully saturated rings. The number of rotatable bonds is 6. The molecule has 0 atom stereocenters. The highest BCUT2D eigenvalue weighted by atomic mass is 32.1. The Hall–Kier alpha value is -2.97. The summed E-state index contributed by atoms with van der Waals surface area (Å²) < 4.78 is 24.6. The molecule has 0 radical (unpaired) electrons. The quantitative estimate of drug-likeness (QED) is 0.641. The molecule has 1 aliphatic rings. The summed E-state index contributed by atoms with van der Waals surface area (Å²) in [6, 6.07) is 9.97. The number of nitrogens with zero attached hydrogens (tertiary/aromatic N) is 2. The smallest absolute Gasteiger partial charge is 0.260 e. The standard InChI is InChI=1S/C22H22FN3O3S/c1-28-19-9-14-7-8-26(11-15(14)10-20(19)29-2)12-16-13-30-22(24-16)25-21(27)17-5-3-4-6-18(17)23/h3-6,9-10,13H,7-8,11-12H2,1-2H3,(H,24,25,27). The maximum atomic E-state index is 13.8. The molecule has 0 spiro atoms. The van der Waals surface area contributed by atoms with Crippen molar-refractivity contribution in [3.63, 3.8) is 0 Å². The molecular formula is C22H22FN3O3S. The summed E-state index contributed by atoms with van der Waals surface area (Å²) in [6.07, 6.45) is 0.913. The summed E-state index contributed by atoms with van der Waals surface area (Å²) >= 11 is 1.33. The zero-order valence-electron chi connectivity index (χ0n) is 16.8. The second-order valence-corrected chi connectivity index (χ2v) is 7.87. The van der Waals surface area contributed by atoms with Crippen molar-refractivity contribution in [1.29, 1.82) is 0 Å². The lowest BCUT2D eigenvalue weighted by Crippen LogP contribution is -2.30. The Bertz CT molecular complexity index is 1070. The van der Waals surface area contributed by atoms with Crippen LogP contribution in [0.25, 0.3) is 0 Å². The molecule has 0 aliphatic carbocycles. The number of thiazole rings is 1. The molecule has 2 heterocycles. The molecule has 0 bridgehead atoms. The highest BCUT2D eigenvalue weighted by molar-refractivity contribution is 7.14. The zero-order valence-corrected chi connectivity index (χ0v) is 17.6. The van der Waals surface area contributed by atoms with Crippen molar-refractivity contribution >= 4 is 22.4 Å². The van der Waals surface area contributed by atoms with E-state index in [1.54, 1.807) is 26.4 Å². The van der Waals surface area contributed by atoms with Gasteiger partial charge in [-0.3, -0.25) is 15.0 Å². The minimum absolute atomic E-state index is 0.00580. The minimum Gasteiger partial charge on any atom is -0.493 e. The summed E-state index contributed by atoms with van der Waals surface area (Å²) in [7, 11) is 3.28. The lowest BCUT2D eigenvalue weighted by molar-refractivity contribution is 0.102. The van der Waals surface area contributed by atoms with Crippen LogP contribution < -0.4 is 14.8 Å². The van der Waals surface area contributed by atoms with E-state index in [0.29, 0.717) is 11.7 Å². The van der Waals surface area contributed by atoms with Gasteiger partial charge in [0.15, 0.2) is 16.6 Å². The van der Waals surface area contributed by atoms with Crippen molar-refractivity contribution in [3.8, 4) is 11.5 Å². The zero-order chi connectivity index (χ0) is 21.1. The molecular weight excluding hydrogens is 405 g/mol. The van der Waals surface area contributed by atoms with E-state index >= 15 is 0 Å². The van der Waals surface area contributed by atoms with Crippen LogP contribution in [0.15, 0.2) is 41.8 Å². The lowest BCUT2D eigenvalue weighted by atomic mass is 9.98. The Morgan fingerprint density at radius 2 is 1.93 bits per heavy atom. The lowest BCUT2D eigenvalue weighted by Gasteiger charge is -2.29. The highest BCUT2D eigenvalue weighted by Crippen LogP contribution is 2.33. The third-order valence-corrected chi connectivity index (χ3v) is 5.88. The summed E-state index contributed by atoms with van der Waals surface area (Å²) in [5.74, 6) is 0.428. The predicted molar refractivity (Wildman–Crippen MR) is 114 cm³/mol. The first-order valence-corrected chi connectivity index (χ1v) is 10.4. The second kappa shape index (κ2) is 8.81. The number of halogens is 1. The molecule has 8 heteroatoms. The van der Waals surface area contributed by atoms with Gasteiger partial charge in [0.25, 0.3) is 5.91 Å². The van der Waals surface area contributed by atoms with Gasteiger partial charge in [0.1, 0.15) is 5.82 Å². The van der Waals surface area contributed by atoms with Gasteiger partial charge in [-0.1, -0.05) is 12.1 Å². The van der Waals surface area contributed by atoms with Gasteiger partial charge in [-0.15, -0.1) is 11.3 Å². The van der Waals surface area contributed by atoms with E-state index in [0.717, 1.165) is 36.7 Å². The molecule has 0 saturated heterocycles. The Labute approximate surface area is 178 Å². The van der Waals surface area contributed by atoms with E-state index in [1.165, 1.54) is 34.6 Å². The number of nitrogens with one attached hydrogen (secondary N) is 1. The van der Waals surface area contributed by atoms with E-state index < -0.39 is 11.7 Å². The number of fused-ring (bicyclic) bond motifs is 1. The summed E-state index contributed by atoms with van der Waals surface area (Å²) in [4.78, 5) is 19.1. The van der Waals surface area contributed by atoms with E-state index in [4.69, 9.17) is 9.47 Å². The first kappa shape index (κ1) is 20.3. The summed E-state index contributed by atoms with van der Waals surface area (Å²) in [6.45, 7) is 2.35. The molecule has 1 amide bonds. The fourth-order valence-corrected chi connectivity index (χ4v) is 4.25. The minimum atomic E-state index is -0.550. The van der Waals surface area contributed by atoms with Crippen LogP contribution >= 0.6 is 11.3 Å². The van der Waals surface area contributed by atoms with Gasteiger partial charge < -0.3 is 9.47 Å². The van der Waals surface area contributed by atoms with Crippen LogP contribution in [-0.4, -0.2) is 36.6 Å². The number of carbonyl (C=O) groups excluding carboxylic acids is 1. The van der Waals surface area contributed by atoms with Crippen LogP contribution in [0.1, 0.15) is 27.2 Å². The number of amides is 1. The number of hydrogen-bond donors (Lipinski definition) is 1. The van der Waals surface area contributed by atoms with Crippen LogP contribution in [-0.2, 0) is 19.5 Å². The average molecular weight is 428 g/mol. The molecule has 6 nitrogen and oxygen atoms in total.